The zero-order chi connectivity index (χ0) is 19.6. The highest BCUT2D eigenvalue weighted by molar-refractivity contribution is 7.89. The van der Waals surface area contributed by atoms with Gasteiger partial charge in [-0.2, -0.15) is 9.41 Å². The van der Waals surface area contributed by atoms with Crippen LogP contribution >= 0.6 is 0 Å². The maximum atomic E-state index is 12.7. The van der Waals surface area contributed by atoms with E-state index in [9.17, 15) is 13.2 Å². The minimum atomic E-state index is -3.57. The van der Waals surface area contributed by atoms with Gasteiger partial charge in [0.1, 0.15) is 5.75 Å². The Bertz CT molecular complexity index is 1030. The first kappa shape index (κ1) is 18.6. The number of amides is 1. The van der Waals surface area contributed by atoms with Crippen molar-refractivity contribution in [3.8, 4) is 5.75 Å². The molecule has 0 atom stereocenters. The van der Waals surface area contributed by atoms with Crippen molar-refractivity contribution in [3.63, 3.8) is 0 Å². The molecule has 7 nitrogen and oxygen atoms in total. The Balaban J connectivity index is 1.54. The van der Waals surface area contributed by atoms with Gasteiger partial charge in [-0.1, -0.05) is 18.2 Å². The molecule has 1 saturated heterocycles. The fourth-order valence-electron chi connectivity index (χ4n) is 3.40. The molecule has 2 aliphatic heterocycles. The summed E-state index contributed by atoms with van der Waals surface area (Å²) in [6.45, 7) is 1.54. The minimum Gasteiger partial charge on any atom is -0.492 e. The van der Waals surface area contributed by atoms with Gasteiger partial charge in [-0.25, -0.2) is 13.8 Å². The third-order valence-electron chi connectivity index (χ3n) is 4.89. The fraction of sp³-hybridized carbons (Fsp3) is 0.300. The van der Waals surface area contributed by atoms with Crippen molar-refractivity contribution in [2.75, 3.05) is 19.7 Å². The van der Waals surface area contributed by atoms with Crippen LogP contribution in [0, 0.1) is 0 Å². The molecule has 0 aliphatic carbocycles. The molecule has 0 bridgehead atoms. The van der Waals surface area contributed by atoms with Crippen LogP contribution in [0.25, 0.3) is 0 Å². The Morgan fingerprint density at radius 1 is 1.07 bits per heavy atom. The molecule has 28 heavy (non-hydrogen) atoms. The van der Waals surface area contributed by atoms with Gasteiger partial charge in [0.2, 0.25) is 10.0 Å². The fourth-order valence-corrected chi connectivity index (χ4v) is 4.96. The molecule has 2 aliphatic rings. The summed E-state index contributed by atoms with van der Waals surface area (Å²) in [4.78, 5) is 12.7. The zero-order valence-electron chi connectivity index (χ0n) is 15.3. The Hall–Kier alpha value is -2.71. The highest BCUT2D eigenvalue weighted by Crippen LogP contribution is 2.24. The molecule has 4 rings (SSSR count). The van der Waals surface area contributed by atoms with Crippen molar-refractivity contribution >= 4 is 21.6 Å². The minimum absolute atomic E-state index is 0.131. The summed E-state index contributed by atoms with van der Waals surface area (Å²) in [6, 6.07) is 13.6. The van der Waals surface area contributed by atoms with Gasteiger partial charge in [-0.15, -0.1) is 0 Å². The number of hydrogen-bond donors (Lipinski definition) is 1. The van der Waals surface area contributed by atoms with Crippen molar-refractivity contribution < 1.29 is 17.9 Å². The van der Waals surface area contributed by atoms with E-state index in [1.807, 2.05) is 24.3 Å². The van der Waals surface area contributed by atoms with Crippen molar-refractivity contribution in [1.29, 1.82) is 0 Å². The summed E-state index contributed by atoms with van der Waals surface area (Å²) in [5.41, 5.74) is 4.38. The Labute approximate surface area is 164 Å². The summed E-state index contributed by atoms with van der Waals surface area (Å²) in [7, 11) is -3.57. The molecular formula is C20H21N3O4S. The van der Waals surface area contributed by atoms with Gasteiger partial charge in [-0.05, 0) is 43.2 Å². The predicted octanol–water partition coefficient (Wildman–Crippen LogP) is 2.39. The lowest BCUT2D eigenvalue weighted by Gasteiger charge is -2.18. The lowest BCUT2D eigenvalue weighted by atomic mass is 10.0. The number of carbonyl (C=O) groups is 1. The van der Waals surface area contributed by atoms with E-state index in [2.05, 4.69) is 10.5 Å². The molecule has 146 valence electrons. The molecule has 2 heterocycles. The van der Waals surface area contributed by atoms with Gasteiger partial charge in [0.25, 0.3) is 5.91 Å². The normalized spacial score (nSPS) is 18.5. The van der Waals surface area contributed by atoms with Crippen LogP contribution in [0.2, 0.25) is 0 Å². The summed E-state index contributed by atoms with van der Waals surface area (Å²) in [6.07, 6.45) is 2.31. The Morgan fingerprint density at radius 3 is 2.68 bits per heavy atom. The predicted molar refractivity (Wildman–Crippen MR) is 105 cm³/mol. The van der Waals surface area contributed by atoms with Crippen LogP contribution in [0.15, 0.2) is 58.5 Å². The Morgan fingerprint density at radius 2 is 1.86 bits per heavy atom. The molecule has 1 fully saturated rings. The van der Waals surface area contributed by atoms with E-state index in [1.54, 1.807) is 12.1 Å². The number of ether oxygens (including phenoxy) is 1. The van der Waals surface area contributed by atoms with Crippen LogP contribution in [-0.2, 0) is 10.0 Å². The van der Waals surface area contributed by atoms with Crippen LogP contribution < -0.4 is 10.2 Å². The number of hydrazone groups is 1. The summed E-state index contributed by atoms with van der Waals surface area (Å²) < 4.78 is 32.5. The number of rotatable bonds is 4. The van der Waals surface area contributed by atoms with E-state index >= 15 is 0 Å². The molecule has 0 aromatic heterocycles. The molecule has 1 amide bonds. The van der Waals surface area contributed by atoms with Crippen LogP contribution in [0.1, 0.15) is 35.2 Å². The smallest absolute Gasteiger partial charge is 0.271 e. The van der Waals surface area contributed by atoms with Crippen molar-refractivity contribution in [3.05, 3.63) is 59.7 Å². The third kappa shape index (κ3) is 3.65. The lowest BCUT2D eigenvalue weighted by molar-refractivity contribution is 0.0954. The average Bonchev–Trinajstić information content (AvgIpc) is 3.28. The van der Waals surface area contributed by atoms with E-state index in [1.165, 1.54) is 16.4 Å². The molecule has 0 radical (unpaired) electrons. The standard InChI is InChI=1S/C20H21N3O4S/c24-20(22-21-18-10-13-27-19-9-2-1-8-17(18)19)15-6-5-7-16(14-15)28(25,26)23-11-3-4-12-23/h1-2,5-9,14H,3-4,10-13H2,(H,22,24). The van der Waals surface area contributed by atoms with Gasteiger partial charge >= 0.3 is 0 Å². The zero-order valence-corrected chi connectivity index (χ0v) is 16.1. The number of benzene rings is 2. The van der Waals surface area contributed by atoms with Crippen molar-refractivity contribution in [2.45, 2.75) is 24.2 Å². The van der Waals surface area contributed by atoms with Gasteiger partial charge in [-0.3, -0.25) is 4.79 Å². The Kier molecular flexibility index (Phi) is 5.15. The summed E-state index contributed by atoms with van der Waals surface area (Å²) in [5.74, 6) is 0.287. The first-order chi connectivity index (χ1) is 13.6. The molecule has 8 heteroatoms. The number of nitrogens with one attached hydrogen (secondary N) is 1. The van der Waals surface area contributed by atoms with E-state index < -0.39 is 15.9 Å². The molecule has 1 N–H and O–H groups in total. The van der Waals surface area contributed by atoms with E-state index in [0.717, 1.165) is 29.9 Å². The second-order valence-corrected chi connectivity index (χ2v) is 8.67. The number of hydrogen-bond acceptors (Lipinski definition) is 5. The van der Waals surface area contributed by atoms with Gasteiger partial charge < -0.3 is 4.74 Å². The second kappa shape index (κ2) is 7.73. The van der Waals surface area contributed by atoms with E-state index in [4.69, 9.17) is 4.74 Å². The monoisotopic (exact) mass is 399 g/mol. The van der Waals surface area contributed by atoms with Gasteiger partial charge in [0.05, 0.1) is 17.2 Å². The first-order valence-corrected chi connectivity index (χ1v) is 10.7. The van der Waals surface area contributed by atoms with Crippen LogP contribution in [0.5, 0.6) is 5.75 Å². The van der Waals surface area contributed by atoms with E-state index in [-0.39, 0.29) is 10.5 Å². The molecule has 2 aromatic carbocycles. The number of para-hydroxylation sites is 1. The van der Waals surface area contributed by atoms with Crippen molar-refractivity contribution in [2.24, 2.45) is 5.10 Å². The second-order valence-electron chi connectivity index (χ2n) is 6.73. The topological polar surface area (TPSA) is 88.1 Å². The SMILES string of the molecule is O=C(NN=C1CCOc2ccccc21)c1cccc(S(=O)(=O)N2CCCC2)c1. The highest BCUT2D eigenvalue weighted by atomic mass is 32.2. The summed E-state index contributed by atoms with van der Waals surface area (Å²) >= 11 is 0. The maximum absolute atomic E-state index is 12.7. The van der Waals surface area contributed by atoms with Gasteiger partial charge in [0, 0.05) is 30.6 Å². The van der Waals surface area contributed by atoms with E-state index in [0.29, 0.717) is 26.1 Å². The lowest BCUT2D eigenvalue weighted by Crippen LogP contribution is -2.28. The maximum Gasteiger partial charge on any atom is 0.271 e. The number of sulfonamides is 1. The third-order valence-corrected chi connectivity index (χ3v) is 6.78. The molecule has 0 saturated carbocycles. The first-order valence-electron chi connectivity index (χ1n) is 9.25. The highest BCUT2D eigenvalue weighted by Gasteiger charge is 2.27. The van der Waals surface area contributed by atoms with Crippen molar-refractivity contribution in [1.82, 2.24) is 9.73 Å². The molecule has 2 aromatic rings. The summed E-state index contributed by atoms with van der Waals surface area (Å²) in [5, 5.41) is 4.25. The average molecular weight is 399 g/mol. The molecule has 0 unspecified atom stereocenters. The van der Waals surface area contributed by atoms with Crippen LogP contribution in [-0.4, -0.2) is 44.0 Å². The number of carbonyl (C=O) groups excluding carboxylic acids is 1. The molecule has 0 spiro atoms. The van der Waals surface area contributed by atoms with Crippen LogP contribution in [0.4, 0.5) is 0 Å². The van der Waals surface area contributed by atoms with Gasteiger partial charge in [0.15, 0.2) is 0 Å². The number of fused-ring (bicyclic) bond motifs is 1. The quantitative estimate of drug-likeness (QED) is 0.800. The number of nitrogens with zero attached hydrogens (tertiary/aromatic N) is 2. The van der Waals surface area contributed by atoms with Crippen LogP contribution in [0.3, 0.4) is 0 Å². The molecular weight excluding hydrogens is 378 g/mol. The largest absolute Gasteiger partial charge is 0.492 e.